The molecule has 0 radical (unpaired) electrons. The Labute approximate surface area is 137 Å². The van der Waals surface area contributed by atoms with Crippen molar-refractivity contribution in [3.63, 3.8) is 0 Å². The minimum Gasteiger partial charge on any atom is -0.538 e. The van der Waals surface area contributed by atoms with Crippen LogP contribution in [0.1, 0.15) is 12.5 Å². The number of nitrogens with two attached hydrogens (primary N) is 1. The van der Waals surface area contributed by atoms with E-state index in [1.807, 2.05) is 19.6 Å². The van der Waals surface area contributed by atoms with Gasteiger partial charge in [-0.25, -0.2) is 0 Å². The fourth-order valence-electron chi connectivity index (χ4n) is 2.41. The molecule has 0 amide bonds. The first-order chi connectivity index (χ1) is 10.6. The van der Waals surface area contributed by atoms with E-state index in [-0.39, 0.29) is 17.4 Å². The van der Waals surface area contributed by atoms with Crippen molar-refractivity contribution in [1.82, 2.24) is 0 Å². The van der Waals surface area contributed by atoms with Crippen LogP contribution in [0.15, 0.2) is 29.8 Å². The molecule has 1 aliphatic rings. The summed E-state index contributed by atoms with van der Waals surface area (Å²) < 4.78 is 22.1. The lowest BCUT2D eigenvalue weighted by atomic mass is 9.90. The summed E-state index contributed by atoms with van der Waals surface area (Å²) in [6.45, 7) is 7.58. The first-order valence-electron chi connectivity index (χ1n) is 7.27. The molecule has 2 rings (SSSR count). The normalized spacial score (nSPS) is 21.2. The van der Waals surface area contributed by atoms with Crippen LogP contribution >= 0.6 is 0 Å². The van der Waals surface area contributed by atoms with E-state index in [0.29, 0.717) is 17.1 Å². The summed E-state index contributed by atoms with van der Waals surface area (Å²) in [6.07, 6.45) is 0. The van der Waals surface area contributed by atoms with E-state index in [1.165, 1.54) is 7.11 Å². The summed E-state index contributed by atoms with van der Waals surface area (Å²) in [7, 11) is 1.08. The van der Waals surface area contributed by atoms with Gasteiger partial charge in [0.15, 0.2) is 0 Å². The standard InChI is InChI=1S/C16H23NO5Si/c1-16(11-9-10(19-2)7-8-12(11)20-3)14(18)13(15(17)21-16)22-23(4,5)6/h7-9H,17H2,1-6H3. The number of ketones is 1. The molecule has 23 heavy (non-hydrogen) atoms. The molecular weight excluding hydrogens is 314 g/mol. The van der Waals surface area contributed by atoms with Crippen LogP contribution in [0, 0.1) is 0 Å². The van der Waals surface area contributed by atoms with Crippen LogP contribution in [-0.2, 0) is 19.6 Å². The maximum atomic E-state index is 12.9. The Morgan fingerprint density at radius 3 is 2.35 bits per heavy atom. The van der Waals surface area contributed by atoms with Crippen molar-refractivity contribution in [2.45, 2.75) is 32.2 Å². The Bertz CT molecular complexity index is 665. The van der Waals surface area contributed by atoms with Crippen molar-refractivity contribution in [2.75, 3.05) is 14.2 Å². The zero-order valence-corrected chi connectivity index (χ0v) is 15.4. The van der Waals surface area contributed by atoms with Gasteiger partial charge in [0.25, 0.3) is 0 Å². The summed E-state index contributed by atoms with van der Waals surface area (Å²) >= 11 is 0. The molecule has 1 aromatic carbocycles. The number of carbonyl (C=O) groups is 1. The first kappa shape index (κ1) is 17.2. The van der Waals surface area contributed by atoms with Crippen molar-refractivity contribution >= 4 is 14.1 Å². The number of methoxy groups -OCH3 is 2. The fraction of sp³-hybridized carbons (Fsp3) is 0.438. The number of benzene rings is 1. The van der Waals surface area contributed by atoms with Crippen molar-refractivity contribution in [3.05, 3.63) is 35.4 Å². The number of ether oxygens (including phenoxy) is 3. The van der Waals surface area contributed by atoms with Gasteiger partial charge in [-0.2, -0.15) is 0 Å². The number of Topliss-reactive ketones (excluding diaryl/α,β-unsaturated/α-hetero) is 1. The largest absolute Gasteiger partial charge is 0.538 e. The van der Waals surface area contributed by atoms with Crippen LogP contribution in [0.5, 0.6) is 11.5 Å². The molecule has 0 saturated heterocycles. The Kier molecular flexibility index (Phi) is 4.34. The van der Waals surface area contributed by atoms with Crippen LogP contribution in [0.3, 0.4) is 0 Å². The van der Waals surface area contributed by atoms with E-state index in [0.717, 1.165) is 0 Å². The van der Waals surface area contributed by atoms with Gasteiger partial charge in [0.1, 0.15) is 11.5 Å². The lowest BCUT2D eigenvalue weighted by Crippen LogP contribution is -2.34. The number of rotatable bonds is 5. The molecule has 1 heterocycles. The van der Waals surface area contributed by atoms with Gasteiger partial charge in [-0.15, -0.1) is 0 Å². The quantitative estimate of drug-likeness (QED) is 0.832. The van der Waals surface area contributed by atoms with Crippen LogP contribution in [0.25, 0.3) is 0 Å². The lowest BCUT2D eigenvalue weighted by Gasteiger charge is -2.26. The fourth-order valence-corrected chi connectivity index (χ4v) is 3.21. The van der Waals surface area contributed by atoms with Gasteiger partial charge in [-0.1, -0.05) is 0 Å². The molecule has 1 atom stereocenters. The van der Waals surface area contributed by atoms with Gasteiger partial charge in [0, 0.05) is 5.56 Å². The smallest absolute Gasteiger partial charge is 0.249 e. The van der Waals surface area contributed by atoms with Crippen molar-refractivity contribution in [1.29, 1.82) is 0 Å². The summed E-state index contributed by atoms with van der Waals surface area (Å²) in [6, 6.07) is 5.19. The Morgan fingerprint density at radius 1 is 1.17 bits per heavy atom. The Balaban J connectivity index is 2.47. The first-order valence-corrected chi connectivity index (χ1v) is 10.7. The number of hydrogen-bond donors (Lipinski definition) is 1. The van der Waals surface area contributed by atoms with E-state index < -0.39 is 13.9 Å². The molecule has 1 unspecified atom stereocenters. The molecule has 0 aromatic heterocycles. The predicted molar refractivity (Wildman–Crippen MR) is 88.6 cm³/mol. The topological polar surface area (TPSA) is 80.0 Å². The highest BCUT2D eigenvalue weighted by molar-refractivity contribution is 6.70. The van der Waals surface area contributed by atoms with Gasteiger partial charge in [-0.3, -0.25) is 4.79 Å². The highest BCUT2D eigenvalue weighted by atomic mass is 28.4. The van der Waals surface area contributed by atoms with Gasteiger partial charge >= 0.3 is 0 Å². The van der Waals surface area contributed by atoms with Crippen molar-refractivity contribution in [2.24, 2.45) is 5.73 Å². The van der Waals surface area contributed by atoms with E-state index in [1.54, 1.807) is 32.2 Å². The molecule has 7 heteroatoms. The van der Waals surface area contributed by atoms with Crippen LogP contribution in [0.4, 0.5) is 0 Å². The molecule has 0 fully saturated rings. The van der Waals surface area contributed by atoms with E-state index in [4.69, 9.17) is 24.4 Å². The zero-order chi connectivity index (χ0) is 17.4. The predicted octanol–water partition coefficient (Wildman–Crippen LogP) is 2.50. The second-order valence-electron chi connectivity index (χ2n) is 6.44. The number of carbonyl (C=O) groups excluding carboxylic acids is 1. The highest BCUT2D eigenvalue weighted by Gasteiger charge is 2.50. The number of hydrogen-bond acceptors (Lipinski definition) is 6. The third kappa shape index (κ3) is 3.14. The molecule has 0 bridgehead atoms. The third-order valence-electron chi connectivity index (χ3n) is 3.51. The minimum absolute atomic E-state index is 0.00444. The van der Waals surface area contributed by atoms with Crippen molar-refractivity contribution in [3.8, 4) is 11.5 Å². The molecule has 0 spiro atoms. The summed E-state index contributed by atoms with van der Waals surface area (Å²) in [5.41, 5.74) is 5.15. The molecular formula is C16H23NO5Si. The van der Waals surface area contributed by atoms with Gasteiger partial charge in [0.05, 0.1) is 14.2 Å². The molecule has 1 aromatic rings. The Hall–Kier alpha value is -2.15. The second kappa shape index (κ2) is 5.81. The molecule has 1 aliphatic heterocycles. The van der Waals surface area contributed by atoms with E-state index in [9.17, 15) is 4.79 Å². The summed E-state index contributed by atoms with van der Waals surface area (Å²) in [4.78, 5) is 12.9. The van der Waals surface area contributed by atoms with E-state index >= 15 is 0 Å². The maximum Gasteiger partial charge on any atom is 0.249 e. The molecule has 2 N–H and O–H groups in total. The zero-order valence-electron chi connectivity index (χ0n) is 14.4. The maximum absolute atomic E-state index is 12.9. The van der Waals surface area contributed by atoms with E-state index in [2.05, 4.69) is 0 Å². The average molecular weight is 337 g/mol. The van der Waals surface area contributed by atoms with Gasteiger partial charge in [-0.05, 0) is 44.8 Å². The third-order valence-corrected chi connectivity index (χ3v) is 4.32. The van der Waals surface area contributed by atoms with Gasteiger partial charge in [0.2, 0.25) is 31.3 Å². The lowest BCUT2D eigenvalue weighted by molar-refractivity contribution is -0.131. The van der Waals surface area contributed by atoms with Crippen molar-refractivity contribution < 1.29 is 23.4 Å². The van der Waals surface area contributed by atoms with Crippen LogP contribution in [-0.4, -0.2) is 28.3 Å². The summed E-state index contributed by atoms with van der Waals surface area (Å²) in [5, 5.41) is 0. The molecule has 0 saturated carbocycles. The highest BCUT2D eigenvalue weighted by Crippen LogP contribution is 2.43. The van der Waals surface area contributed by atoms with Crippen LogP contribution in [0.2, 0.25) is 19.6 Å². The average Bonchev–Trinajstić information content (AvgIpc) is 2.69. The van der Waals surface area contributed by atoms with Crippen LogP contribution < -0.4 is 15.2 Å². The monoisotopic (exact) mass is 337 g/mol. The summed E-state index contributed by atoms with van der Waals surface area (Å²) in [5.74, 6) is 0.894. The minimum atomic E-state index is -2.00. The SMILES string of the molecule is COc1ccc(OC)c(C2(C)OC(N)=C(O[Si](C)(C)C)C2=O)c1. The second-order valence-corrected chi connectivity index (χ2v) is 10.9. The van der Waals surface area contributed by atoms with Gasteiger partial charge < -0.3 is 24.4 Å². The molecule has 0 aliphatic carbocycles. The molecule has 6 nitrogen and oxygen atoms in total. The molecule has 126 valence electrons. The Morgan fingerprint density at radius 2 is 1.83 bits per heavy atom.